The Morgan fingerprint density at radius 1 is 0.968 bits per heavy atom. The van der Waals surface area contributed by atoms with Crippen LogP contribution in [0.2, 0.25) is 0 Å². The third-order valence-corrected chi connectivity index (χ3v) is 3.94. The lowest BCUT2D eigenvalue weighted by molar-refractivity contribution is -0.136. The van der Waals surface area contributed by atoms with Gasteiger partial charge < -0.3 is 19.7 Å². The van der Waals surface area contributed by atoms with Crippen molar-refractivity contribution in [3.8, 4) is 0 Å². The fraction of sp³-hybridized carbons (Fsp3) is 0.182. The highest BCUT2D eigenvalue weighted by atomic mass is 19.1. The number of carboxylic acid groups (broad SMARTS) is 1. The topological polar surface area (TPSA) is 107 Å². The molecule has 0 saturated heterocycles. The van der Waals surface area contributed by atoms with Crippen molar-refractivity contribution in [1.82, 2.24) is 0 Å². The van der Waals surface area contributed by atoms with Crippen molar-refractivity contribution in [2.24, 2.45) is 5.73 Å². The summed E-state index contributed by atoms with van der Waals surface area (Å²) in [5, 5.41) is 9.70. The number of carboxylic acids is 1. The Morgan fingerprint density at radius 3 is 1.77 bits per heavy atom. The summed E-state index contributed by atoms with van der Waals surface area (Å²) < 4.78 is 51.4. The summed E-state index contributed by atoms with van der Waals surface area (Å²) in [6.07, 6.45) is 2.68. The highest BCUT2D eigenvalue weighted by Gasteiger charge is 2.10. The highest BCUT2D eigenvalue weighted by Crippen LogP contribution is 2.23. The standard InChI is InChI=1S/C10H8FNO2.C10H7FO3.CH3F.CH4/c2*11-7-1-2-9-8(4-7)6(5-14-9)3-10(12)13;1-2;/h1-2,4-5H,3H2,(H2,12,13);1-2,4-5H,3H2,(H,12,13);1H3;1H4/i;;1D;. The summed E-state index contributed by atoms with van der Waals surface area (Å²) in [5.74, 6) is -2.18. The molecule has 4 rings (SSSR count). The molecule has 2 aromatic heterocycles. The molecule has 0 atom stereocenters. The molecule has 0 aliphatic rings. The van der Waals surface area contributed by atoms with Gasteiger partial charge in [-0.2, -0.15) is 0 Å². The Balaban J connectivity index is 0.000000278. The quantitative estimate of drug-likeness (QED) is 0.465. The van der Waals surface area contributed by atoms with E-state index in [1.165, 1.54) is 48.9 Å². The van der Waals surface area contributed by atoms with E-state index in [9.17, 15) is 22.8 Å². The Labute approximate surface area is 177 Å². The van der Waals surface area contributed by atoms with E-state index in [-0.39, 0.29) is 26.1 Å². The van der Waals surface area contributed by atoms with E-state index in [0.29, 0.717) is 33.1 Å². The van der Waals surface area contributed by atoms with Crippen molar-refractivity contribution in [1.29, 1.82) is 0 Å². The molecule has 9 heteroatoms. The van der Waals surface area contributed by atoms with Crippen LogP contribution in [-0.4, -0.2) is 24.1 Å². The summed E-state index contributed by atoms with van der Waals surface area (Å²) in [6.45, 7) is 0. The van der Waals surface area contributed by atoms with Gasteiger partial charge in [-0.1, -0.05) is 7.43 Å². The minimum Gasteiger partial charge on any atom is -0.481 e. The zero-order valence-corrected chi connectivity index (χ0v) is 15.5. The third kappa shape index (κ3) is 6.63. The normalized spacial score (nSPS) is 10.2. The van der Waals surface area contributed by atoms with Crippen molar-refractivity contribution in [2.45, 2.75) is 20.3 Å². The van der Waals surface area contributed by atoms with Gasteiger partial charge in [-0.15, -0.1) is 0 Å². The number of aliphatic carboxylic acids is 1. The van der Waals surface area contributed by atoms with Gasteiger partial charge >= 0.3 is 5.97 Å². The summed E-state index contributed by atoms with van der Waals surface area (Å²) in [4.78, 5) is 21.1. The Kier molecular flexibility index (Phi) is 8.68. The number of benzene rings is 2. The van der Waals surface area contributed by atoms with E-state index in [2.05, 4.69) is 0 Å². The smallest absolute Gasteiger partial charge is 0.307 e. The number of carbonyl (C=O) groups is 2. The maximum Gasteiger partial charge on any atom is 0.307 e. The van der Waals surface area contributed by atoms with Gasteiger partial charge in [0.05, 0.1) is 33.9 Å². The molecule has 4 aromatic rings. The van der Waals surface area contributed by atoms with Crippen molar-refractivity contribution in [3.05, 3.63) is 71.7 Å². The van der Waals surface area contributed by atoms with E-state index in [4.69, 9.17) is 21.0 Å². The van der Waals surface area contributed by atoms with Gasteiger partial charge in [0.1, 0.15) is 22.8 Å². The molecule has 0 radical (unpaired) electrons. The van der Waals surface area contributed by atoms with Crippen LogP contribution in [0, 0.1) is 11.6 Å². The van der Waals surface area contributed by atoms with Crippen LogP contribution < -0.4 is 5.73 Å². The molecule has 0 saturated carbocycles. The van der Waals surface area contributed by atoms with Crippen LogP contribution >= 0.6 is 0 Å². The molecule has 31 heavy (non-hydrogen) atoms. The summed E-state index contributed by atoms with van der Waals surface area (Å²) in [7, 11) is -1.00. The molecule has 166 valence electrons. The first-order valence-electron chi connectivity index (χ1n) is 9.12. The SMILES string of the molecule is C.NC(=O)Cc1coc2ccc(F)cc12.O=C(O)Cc1coc2ccc(F)cc12.[2H]CF. The first kappa shape index (κ1) is 23.5. The number of primary amides is 1. The van der Waals surface area contributed by atoms with Gasteiger partial charge in [0.2, 0.25) is 5.91 Å². The average molecular weight is 438 g/mol. The predicted molar refractivity (Wildman–Crippen MR) is 110 cm³/mol. The number of rotatable bonds is 4. The Hall–Kier alpha value is -3.75. The van der Waals surface area contributed by atoms with Crippen LogP contribution in [0.1, 0.15) is 19.9 Å². The molecule has 0 aliphatic heterocycles. The molecule has 0 bridgehead atoms. The van der Waals surface area contributed by atoms with E-state index in [1.807, 2.05) is 0 Å². The van der Waals surface area contributed by atoms with E-state index in [1.54, 1.807) is 0 Å². The van der Waals surface area contributed by atoms with Crippen LogP contribution in [0.4, 0.5) is 13.2 Å². The molecule has 2 aromatic carbocycles. The molecule has 2 heterocycles. The average Bonchev–Trinajstić information content (AvgIpc) is 3.26. The lowest BCUT2D eigenvalue weighted by Crippen LogP contribution is -2.13. The van der Waals surface area contributed by atoms with Gasteiger partial charge in [0.15, 0.2) is 0 Å². The largest absolute Gasteiger partial charge is 0.481 e. The molecule has 3 N–H and O–H groups in total. The summed E-state index contributed by atoms with van der Waals surface area (Å²) in [6, 6.07) is 8.19. The van der Waals surface area contributed by atoms with Crippen molar-refractivity contribution >= 4 is 33.8 Å². The number of amides is 1. The molecule has 0 fully saturated rings. The molecule has 0 aliphatic carbocycles. The second-order valence-electron chi connectivity index (χ2n) is 6.02. The minimum atomic E-state index is -1.00. The molecule has 0 spiro atoms. The summed E-state index contributed by atoms with van der Waals surface area (Å²) >= 11 is 0. The summed E-state index contributed by atoms with van der Waals surface area (Å²) in [5.41, 5.74) is 7.21. The van der Waals surface area contributed by atoms with Gasteiger partial charge in [0, 0.05) is 21.9 Å². The maximum absolute atomic E-state index is 12.9. The number of hydrogen-bond acceptors (Lipinski definition) is 4. The number of nitrogens with two attached hydrogens (primary N) is 1. The van der Waals surface area contributed by atoms with Crippen molar-refractivity contribution < 1.29 is 38.1 Å². The number of alkyl halides is 1. The van der Waals surface area contributed by atoms with Gasteiger partial charge in [-0.25, -0.2) is 8.78 Å². The number of carbonyl (C=O) groups excluding carboxylic acids is 1. The lowest BCUT2D eigenvalue weighted by Gasteiger charge is -1.93. The van der Waals surface area contributed by atoms with Crippen LogP contribution in [0.15, 0.2) is 57.8 Å². The number of furan rings is 2. The monoisotopic (exact) mass is 438 g/mol. The first-order chi connectivity index (χ1) is 14.7. The van der Waals surface area contributed by atoms with Crippen molar-refractivity contribution in [2.75, 3.05) is 7.15 Å². The zero-order chi connectivity index (χ0) is 23.0. The van der Waals surface area contributed by atoms with E-state index >= 15 is 0 Å². The molecule has 6 nitrogen and oxygen atoms in total. The molecular weight excluding hydrogens is 415 g/mol. The highest BCUT2D eigenvalue weighted by molar-refractivity contribution is 5.87. The van der Waals surface area contributed by atoms with E-state index in [0.717, 1.165) is 0 Å². The van der Waals surface area contributed by atoms with E-state index < -0.39 is 24.8 Å². The number of fused-ring (bicyclic) bond motifs is 2. The molecular formula is C22H22F3NO5. The molecule has 1 amide bonds. The zero-order valence-electron chi connectivity index (χ0n) is 16.5. The van der Waals surface area contributed by atoms with Crippen LogP contribution in [0.3, 0.4) is 0 Å². The molecule has 0 unspecified atom stereocenters. The second-order valence-corrected chi connectivity index (χ2v) is 6.02. The fourth-order valence-electron chi connectivity index (χ4n) is 2.73. The fourth-order valence-corrected chi connectivity index (χ4v) is 2.73. The van der Waals surface area contributed by atoms with Gasteiger partial charge in [-0.3, -0.25) is 14.0 Å². The minimum absolute atomic E-state index is 0. The number of hydrogen-bond donors (Lipinski definition) is 2. The number of halogens is 3. The van der Waals surface area contributed by atoms with Crippen LogP contribution in [0.5, 0.6) is 0 Å². The maximum atomic E-state index is 12.9. The van der Waals surface area contributed by atoms with Crippen LogP contribution in [0.25, 0.3) is 21.9 Å². The Bertz CT molecular complexity index is 1100. The van der Waals surface area contributed by atoms with Gasteiger partial charge in [-0.05, 0) is 36.4 Å². The van der Waals surface area contributed by atoms with Crippen LogP contribution in [-0.2, 0) is 22.4 Å². The lowest BCUT2D eigenvalue weighted by atomic mass is 10.1. The third-order valence-electron chi connectivity index (χ3n) is 3.94. The Morgan fingerprint density at radius 2 is 1.39 bits per heavy atom. The van der Waals surface area contributed by atoms with Crippen molar-refractivity contribution in [3.63, 3.8) is 0 Å². The van der Waals surface area contributed by atoms with Gasteiger partial charge in [0.25, 0.3) is 0 Å². The first-order valence-corrected chi connectivity index (χ1v) is 8.41. The predicted octanol–water partition coefficient (Wildman–Crippen LogP) is 5.02. The second kappa shape index (κ2) is 11.4.